The third-order valence-electron chi connectivity index (χ3n) is 5.70. The van der Waals surface area contributed by atoms with Crippen molar-refractivity contribution in [2.24, 2.45) is 0 Å². The molecule has 8 heteroatoms. The zero-order chi connectivity index (χ0) is 23.4. The van der Waals surface area contributed by atoms with Crippen molar-refractivity contribution in [1.82, 2.24) is 14.8 Å². The summed E-state index contributed by atoms with van der Waals surface area (Å²) in [5.74, 6) is 1.30. The van der Waals surface area contributed by atoms with E-state index in [1.54, 1.807) is 11.0 Å². The molecular weight excluding hydrogens is 442 g/mol. The van der Waals surface area contributed by atoms with E-state index in [2.05, 4.69) is 4.98 Å². The Morgan fingerprint density at radius 2 is 1.61 bits per heavy atom. The van der Waals surface area contributed by atoms with Crippen LogP contribution in [0.2, 0.25) is 5.02 Å². The fourth-order valence-corrected chi connectivity index (χ4v) is 4.22. The van der Waals surface area contributed by atoms with Crippen molar-refractivity contribution in [3.63, 3.8) is 0 Å². The summed E-state index contributed by atoms with van der Waals surface area (Å²) in [6.45, 7) is 6.91. The van der Waals surface area contributed by atoms with Crippen LogP contribution in [0.4, 0.5) is 0 Å². The van der Waals surface area contributed by atoms with Crippen molar-refractivity contribution >= 4 is 34.3 Å². The Morgan fingerprint density at radius 3 is 2.33 bits per heavy atom. The molecule has 0 saturated carbocycles. The lowest BCUT2D eigenvalue weighted by Gasteiger charge is -2.34. The fourth-order valence-electron chi connectivity index (χ4n) is 4.04. The van der Waals surface area contributed by atoms with E-state index in [1.807, 2.05) is 55.1 Å². The minimum absolute atomic E-state index is 0.0361. The van der Waals surface area contributed by atoms with E-state index in [9.17, 15) is 9.59 Å². The molecule has 0 unspecified atom stereocenters. The Bertz CT molecular complexity index is 1150. The van der Waals surface area contributed by atoms with Crippen LogP contribution in [0.3, 0.4) is 0 Å². The molecule has 2 heterocycles. The number of aromatic amines is 1. The van der Waals surface area contributed by atoms with Gasteiger partial charge in [-0.2, -0.15) is 0 Å². The van der Waals surface area contributed by atoms with Gasteiger partial charge in [0, 0.05) is 42.1 Å². The van der Waals surface area contributed by atoms with E-state index in [4.69, 9.17) is 21.1 Å². The van der Waals surface area contributed by atoms with E-state index in [1.165, 1.54) is 0 Å². The van der Waals surface area contributed by atoms with Gasteiger partial charge in [0.15, 0.2) is 11.5 Å². The third kappa shape index (κ3) is 5.25. The van der Waals surface area contributed by atoms with Crippen LogP contribution in [0.1, 0.15) is 29.9 Å². The fraction of sp³-hybridized carbons (Fsp3) is 0.360. The number of nitrogens with zero attached hydrogens (tertiary/aromatic N) is 2. The zero-order valence-electron chi connectivity index (χ0n) is 18.9. The maximum absolute atomic E-state index is 12.9. The molecule has 1 fully saturated rings. The molecule has 0 bridgehead atoms. The zero-order valence-corrected chi connectivity index (χ0v) is 19.7. The lowest BCUT2D eigenvalue weighted by atomic mass is 10.1. The van der Waals surface area contributed by atoms with E-state index in [-0.39, 0.29) is 18.2 Å². The molecule has 0 radical (unpaired) electrons. The molecule has 1 saturated heterocycles. The van der Waals surface area contributed by atoms with Crippen molar-refractivity contribution < 1.29 is 19.1 Å². The normalized spacial score (nSPS) is 13.9. The predicted molar refractivity (Wildman–Crippen MR) is 128 cm³/mol. The molecule has 2 amide bonds. The number of carbonyl (C=O) groups excluding carboxylic acids is 2. The second-order valence-corrected chi connectivity index (χ2v) is 8.35. The van der Waals surface area contributed by atoms with Gasteiger partial charge in [0.25, 0.3) is 5.91 Å². The lowest BCUT2D eigenvalue weighted by molar-refractivity contribution is -0.131. The number of H-pyrrole nitrogens is 1. The predicted octanol–water partition coefficient (Wildman–Crippen LogP) is 4.15. The van der Waals surface area contributed by atoms with Gasteiger partial charge >= 0.3 is 0 Å². The van der Waals surface area contributed by atoms with Gasteiger partial charge < -0.3 is 24.3 Å². The summed E-state index contributed by atoms with van der Waals surface area (Å²) < 4.78 is 11.3. The summed E-state index contributed by atoms with van der Waals surface area (Å²) in [5.41, 5.74) is 2.28. The topological polar surface area (TPSA) is 74.9 Å². The van der Waals surface area contributed by atoms with Crippen molar-refractivity contribution in [2.75, 3.05) is 39.4 Å². The minimum Gasteiger partial charge on any atom is -0.490 e. The van der Waals surface area contributed by atoms with Crippen molar-refractivity contribution in [3.8, 4) is 11.5 Å². The second-order valence-electron chi connectivity index (χ2n) is 7.91. The first-order valence-electron chi connectivity index (χ1n) is 11.2. The molecule has 3 aromatic rings. The number of piperazine rings is 1. The summed E-state index contributed by atoms with van der Waals surface area (Å²) in [6, 6.07) is 12.9. The van der Waals surface area contributed by atoms with Gasteiger partial charge in [0.05, 0.1) is 19.6 Å². The quantitative estimate of drug-likeness (QED) is 0.564. The molecule has 1 aliphatic heterocycles. The van der Waals surface area contributed by atoms with Crippen LogP contribution in [0.25, 0.3) is 10.9 Å². The first-order chi connectivity index (χ1) is 16.0. The van der Waals surface area contributed by atoms with Crippen LogP contribution in [-0.2, 0) is 11.2 Å². The first kappa shape index (κ1) is 23.0. The number of hydrogen-bond acceptors (Lipinski definition) is 4. The van der Waals surface area contributed by atoms with Crippen molar-refractivity contribution in [1.29, 1.82) is 0 Å². The Balaban J connectivity index is 1.35. The molecule has 4 rings (SSSR count). The lowest BCUT2D eigenvalue weighted by Crippen LogP contribution is -2.51. The average Bonchev–Trinajstić information content (AvgIpc) is 3.24. The van der Waals surface area contributed by atoms with Crippen molar-refractivity contribution in [2.45, 2.75) is 20.3 Å². The summed E-state index contributed by atoms with van der Waals surface area (Å²) in [7, 11) is 0. The molecule has 1 N–H and O–H groups in total. The second kappa shape index (κ2) is 10.2. The molecule has 1 aromatic heterocycles. The Morgan fingerprint density at radius 1 is 0.909 bits per heavy atom. The molecular formula is C25H28ClN3O4. The number of ether oxygens (including phenoxy) is 2. The van der Waals surface area contributed by atoms with Gasteiger partial charge in [-0.1, -0.05) is 17.7 Å². The number of amides is 2. The van der Waals surface area contributed by atoms with Crippen LogP contribution in [-0.4, -0.2) is 66.0 Å². The number of rotatable bonds is 7. The molecule has 0 spiro atoms. The van der Waals surface area contributed by atoms with Gasteiger partial charge in [0.2, 0.25) is 5.91 Å². The molecule has 2 aromatic carbocycles. The smallest absolute Gasteiger partial charge is 0.270 e. The highest BCUT2D eigenvalue weighted by Crippen LogP contribution is 2.29. The molecule has 0 atom stereocenters. The number of carbonyl (C=O) groups is 2. The summed E-state index contributed by atoms with van der Waals surface area (Å²) in [4.78, 5) is 32.6. The average molecular weight is 470 g/mol. The summed E-state index contributed by atoms with van der Waals surface area (Å²) >= 11 is 6.05. The van der Waals surface area contributed by atoms with Crippen molar-refractivity contribution in [3.05, 3.63) is 58.7 Å². The highest BCUT2D eigenvalue weighted by molar-refractivity contribution is 6.31. The van der Waals surface area contributed by atoms with Gasteiger partial charge in [0.1, 0.15) is 5.69 Å². The monoisotopic (exact) mass is 469 g/mol. The maximum Gasteiger partial charge on any atom is 0.270 e. The molecule has 1 aliphatic rings. The molecule has 0 aliphatic carbocycles. The number of aromatic nitrogens is 1. The SMILES string of the molecule is CCOc1ccc(CC(=O)N2CCN(C(=O)c3cc4cc(Cl)ccc4[nH]3)CC2)cc1OCC. The number of halogens is 1. The van der Waals surface area contributed by atoms with Gasteiger partial charge in [-0.15, -0.1) is 0 Å². The van der Waals surface area contributed by atoms with Gasteiger partial charge in [-0.05, 0) is 55.8 Å². The van der Waals surface area contributed by atoms with Gasteiger partial charge in [-0.25, -0.2) is 0 Å². The standard InChI is InChI=1S/C25H28ClN3O4/c1-3-32-22-8-5-17(13-23(22)33-4-2)14-24(30)28-9-11-29(12-10-28)25(31)21-16-18-15-19(26)6-7-20(18)27-21/h5-8,13,15-16,27H,3-4,9-12,14H2,1-2H3. The maximum atomic E-state index is 12.9. The van der Waals surface area contributed by atoms with E-state index < -0.39 is 0 Å². The van der Waals surface area contributed by atoms with Gasteiger partial charge in [-0.3, -0.25) is 9.59 Å². The van der Waals surface area contributed by atoms with Crippen LogP contribution in [0.15, 0.2) is 42.5 Å². The number of fused-ring (bicyclic) bond motifs is 1. The highest BCUT2D eigenvalue weighted by atomic mass is 35.5. The van der Waals surface area contributed by atoms with Crippen LogP contribution < -0.4 is 9.47 Å². The van der Waals surface area contributed by atoms with E-state index in [0.29, 0.717) is 61.6 Å². The van der Waals surface area contributed by atoms with Crippen LogP contribution in [0.5, 0.6) is 11.5 Å². The number of hydrogen-bond donors (Lipinski definition) is 1. The van der Waals surface area contributed by atoms with E-state index >= 15 is 0 Å². The minimum atomic E-state index is -0.0673. The third-order valence-corrected chi connectivity index (χ3v) is 5.93. The highest BCUT2D eigenvalue weighted by Gasteiger charge is 2.26. The largest absolute Gasteiger partial charge is 0.490 e. The Hall–Kier alpha value is -3.19. The van der Waals surface area contributed by atoms with Crippen LogP contribution in [0, 0.1) is 0 Å². The number of benzene rings is 2. The molecule has 174 valence electrons. The van der Waals surface area contributed by atoms with Crippen LogP contribution >= 0.6 is 11.6 Å². The summed E-state index contributed by atoms with van der Waals surface area (Å²) in [5, 5.41) is 1.54. The molecule has 33 heavy (non-hydrogen) atoms. The Kier molecular flexibility index (Phi) is 7.08. The summed E-state index contributed by atoms with van der Waals surface area (Å²) in [6.07, 6.45) is 0.281. The van der Waals surface area contributed by atoms with E-state index in [0.717, 1.165) is 16.5 Å². The first-order valence-corrected chi connectivity index (χ1v) is 11.6. The molecule has 7 nitrogen and oxygen atoms in total. The number of nitrogens with one attached hydrogen (secondary N) is 1. The Labute approximate surface area is 198 Å².